The molecule has 2 aromatic rings. The van der Waals surface area contributed by atoms with Gasteiger partial charge in [0.05, 0.1) is 17.6 Å². The summed E-state index contributed by atoms with van der Waals surface area (Å²) in [5.41, 5.74) is 2.99. The molecule has 0 spiro atoms. The predicted octanol–water partition coefficient (Wildman–Crippen LogP) is 1.95. The Morgan fingerprint density at radius 2 is 2.25 bits per heavy atom. The van der Waals surface area contributed by atoms with Crippen molar-refractivity contribution in [1.29, 1.82) is 0 Å². The molecule has 0 aliphatic carbocycles. The number of halogens is 1. The SMILES string of the molecule is CNCc1cn(-c2ccc(Cl)cc2C)nn1. The van der Waals surface area contributed by atoms with Gasteiger partial charge in [0, 0.05) is 11.6 Å². The van der Waals surface area contributed by atoms with E-state index >= 15 is 0 Å². The molecule has 0 unspecified atom stereocenters. The molecule has 0 amide bonds. The van der Waals surface area contributed by atoms with E-state index in [9.17, 15) is 0 Å². The molecular weight excluding hydrogens is 224 g/mol. The molecule has 16 heavy (non-hydrogen) atoms. The summed E-state index contributed by atoms with van der Waals surface area (Å²) in [6.45, 7) is 2.72. The van der Waals surface area contributed by atoms with Gasteiger partial charge >= 0.3 is 0 Å². The van der Waals surface area contributed by atoms with Gasteiger partial charge in [-0.1, -0.05) is 16.8 Å². The van der Waals surface area contributed by atoms with Crippen LogP contribution in [0.2, 0.25) is 5.02 Å². The second-order valence-electron chi connectivity index (χ2n) is 3.62. The number of hydrogen-bond donors (Lipinski definition) is 1. The fourth-order valence-corrected chi connectivity index (χ4v) is 1.78. The van der Waals surface area contributed by atoms with Gasteiger partial charge in [-0.05, 0) is 37.7 Å². The topological polar surface area (TPSA) is 42.7 Å². The second-order valence-corrected chi connectivity index (χ2v) is 4.05. The molecule has 0 aliphatic heterocycles. The van der Waals surface area contributed by atoms with Gasteiger partial charge in [0.25, 0.3) is 0 Å². The molecular formula is C11H13ClN4. The lowest BCUT2D eigenvalue weighted by Gasteiger charge is -2.04. The third-order valence-electron chi connectivity index (χ3n) is 2.30. The molecule has 0 aliphatic rings. The van der Waals surface area contributed by atoms with Crippen LogP contribution in [-0.4, -0.2) is 22.0 Å². The number of benzene rings is 1. The number of hydrogen-bond acceptors (Lipinski definition) is 3. The Bertz CT molecular complexity index is 492. The summed E-state index contributed by atoms with van der Waals surface area (Å²) in [5, 5.41) is 11.9. The van der Waals surface area contributed by atoms with Crippen LogP contribution in [0.15, 0.2) is 24.4 Å². The van der Waals surface area contributed by atoms with Crippen molar-refractivity contribution < 1.29 is 0 Å². The van der Waals surface area contributed by atoms with E-state index in [1.165, 1.54) is 0 Å². The maximum atomic E-state index is 5.90. The van der Waals surface area contributed by atoms with Crippen molar-refractivity contribution in [1.82, 2.24) is 20.3 Å². The summed E-state index contributed by atoms with van der Waals surface area (Å²) < 4.78 is 1.76. The first-order valence-electron chi connectivity index (χ1n) is 5.03. The lowest BCUT2D eigenvalue weighted by atomic mass is 10.2. The summed E-state index contributed by atoms with van der Waals surface area (Å²) in [4.78, 5) is 0. The van der Waals surface area contributed by atoms with Gasteiger partial charge in [-0.2, -0.15) is 0 Å². The highest BCUT2D eigenvalue weighted by Crippen LogP contribution is 2.18. The molecule has 0 radical (unpaired) electrons. The molecule has 0 fully saturated rings. The Balaban J connectivity index is 2.35. The first-order valence-corrected chi connectivity index (χ1v) is 5.41. The lowest BCUT2D eigenvalue weighted by Crippen LogP contribution is -2.05. The van der Waals surface area contributed by atoms with Crippen LogP contribution in [0, 0.1) is 6.92 Å². The summed E-state index contributed by atoms with van der Waals surface area (Å²) in [6.07, 6.45) is 1.91. The smallest absolute Gasteiger partial charge is 0.0969 e. The first-order chi connectivity index (χ1) is 7.70. The average molecular weight is 237 g/mol. The lowest BCUT2D eigenvalue weighted by molar-refractivity contribution is 0.765. The van der Waals surface area contributed by atoms with E-state index < -0.39 is 0 Å². The molecule has 1 aromatic heterocycles. The highest BCUT2D eigenvalue weighted by Gasteiger charge is 2.05. The number of nitrogens with one attached hydrogen (secondary N) is 1. The minimum atomic E-state index is 0.715. The monoisotopic (exact) mass is 236 g/mol. The third kappa shape index (κ3) is 2.23. The maximum absolute atomic E-state index is 5.90. The van der Waals surface area contributed by atoms with Crippen LogP contribution in [0.4, 0.5) is 0 Å². The molecule has 0 atom stereocenters. The molecule has 4 nitrogen and oxygen atoms in total. The van der Waals surface area contributed by atoms with Crippen molar-refractivity contribution >= 4 is 11.6 Å². The highest BCUT2D eigenvalue weighted by atomic mass is 35.5. The zero-order valence-electron chi connectivity index (χ0n) is 9.24. The quantitative estimate of drug-likeness (QED) is 0.886. The van der Waals surface area contributed by atoms with Crippen LogP contribution in [0.5, 0.6) is 0 Å². The Morgan fingerprint density at radius 1 is 1.44 bits per heavy atom. The Hall–Kier alpha value is -1.39. The molecule has 84 valence electrons. The number of rotatable bonds is 3. The molecule has 0 saturated heterocycles. The standard InChI is InChI=1S/C11H13ClN4/c1-8-5-9(12)3-4-11(8)16-7-10(6-13-2)14-15-16/h3-5,7,13H,6H2,1-2H3. The van der Waals surface area contributed by atoms with Gasteiger partial charge in [-0.15, -0.1) is 5.10 Å². The van der Waals surface area contributed by atoms with Gasteiger partial charge in [0.2, 0.25) is 0 Å². The van der Waals surface area contributed by atoms with E-state index in [1.54, 1.807) is 4.68 Å². The van der Waals surface area contributed by atoms with E-state index in [-0.39, 0.29) is 0 Å². The van der Waals surface area contributed by atoms with Gasteiger partial charge in [-0.3, -0.25) is 0 Å². The Kier molecular flexibility index (Phi) is 3.22. The van der Waals surface area contributed by atoms with E-state index in [0.29, 0.717) is 6.54 Å². The summed E-state index contributed by atoms with van der Waals surface area (Å²) in [7, 11) is 1.88. The normalized spacial score (nSPS) is 10.7. The fraction of sp³-hybridized carbons (Fsp3) is 0.273. The van der Waals surface area contributed by atoms with Crippen LogP contribution < -0.4 is 5.32 Å². The highest BCUT2D eigenvalue weighted by molar-refractivity contribution is 6.30. The van der Waals surface area contributed by atoms with Gasteiger partial charge in [-0.25, -0.2) is 4.68 Å². The van der Waals surface area contributed by atoms with E-state index in [4.69, 9.17) is 11.6 Å². The van der Waals surface area contributed by atoms with Crippen molar-refractivity contribution in [2.24, 2.45) is 0 Å². The van der Waals surface area contributed by atoms with Crippen LogP contribution in [0.3, 0.4) is 0 Å². The van der Waals surface area contributed by atoms with Crippen LogP contribution in [0.25, 0.3) is 5.69 Å². The molecule has 1 heterocycles. The zero-order valence-corrected chi connectivity index (χ0v) is 9.99. The molecule has 1 N–H and O–H groups in total. The van der Waals surface area contributed by atoms with Gasteiger partial charge < -0.3 is 5.32 Å². The summed E-state index contributed by atoms with van der Waals surface area (Å²) in [6, 6.07) is 5.70. The van der Waals surface area contributed by atoms with Crippen LogP contribution >= 0.6 is 11.6 Å². The van der Waals surface area contributed by atoms with Crippen molar-refractivity contribution in [3.05, 3.63) is 40.7 Å². The minimum Gasteiger partial charge on any atom is -0.314 e. The summed E-state index contributed by atoms with van der Waals surface area (Å²) in [5.74, 6) is 0. The molecule has 0 saturated carbocycles. The van der Waals surface area contributed by atoms with Crippen molar-refractivity contribution in [2.75, 3.05) is 7.05 Å². The largest absolute Gasteiger partial charge is 0.314 e. The van der Waals surface area contributed by atoms with Crippen LogP contribution in [0.1, 0.15) is 11.3 Å². The van der Waals surface area contributed by atoms with E-state index in [1.807, 2.05) is 38.4 Å². The molecule has 5 heteroatoms. The predicted molar refractivity (Wildman–Crippen MR) is 63.9 cm³/mol. The maximum Gasteiger partial charge on any atom is 0.0969 e. The van der Waals surface area contributed by atoms with Gasteiger partial charge in [0.1, 0.15) is 0 Å². The van der Waals surface area contributed by atoms with Crippen LogP contribution in [-0.2, 0) is 6.54 Å². The number of nitrogens with zero attached hydrogens (tertiary/aromatic N) is 3. The molecule has 1 aromatic carbocycles. The van der Waals surface area contributed by atoms with Crippen molar-refractivity contribution in [2.45, 2.75) is 13.5 Å². The minimum absolute atomic E-state index is 0.715. The Morgan fingerprint density at radius 3 is 2.94 bits per heavy atom. The molecule has 0 bridgehead atoms. The number of aromatic nitrogens is 3. The van der Waals surface area contributed by atoms with E-state index in [0.717, 1.165) is 22.0 Å². The van der Waals surface area contributed by atoms with Gasteiger partial charge in [0.15, 0.2) is 0 Å². The van der Waals surface area contributed by atoms with Crippen molar-refractivity contribution in [3.8, 4) is 5.69 Å². The Labute approximate surface area is 99.2 Å². The molecule has 2 rings (SSSR count). The fourth-order valence-electron chi connectivity index (χ4n) is 1.55. The summed E-state index contributed by atoms with van der Waals surface area (Å²) >= 11 is 5.90. The number of aryl methyl sites for hydroxylation is 1. The third-order valence-corrected chi connectivity index (χ3v) is 2.54. The zero-order chi connectivity index (χ0) is 11.5. The second kappa shape index (κ2) is 4.63. The van der Waals surface area contributed by atoms with E-state index in [2.05, 4.69) is 15.6 Å². The first kappa shape index (κ1) is 11.1. The average Bonchev–Trinajstić information content (AvgIpc) is 2.67. The van der Waals surface area contributed by atoms with Crippen molar-refractivity contribution in [3.63, 3.8) is 0 Å².